The second-order valence-electron chi connectivity index (χ2n) is 5.03. The highest BCUT2D eigenvalue weighted by molar-refractivity contribution is 6.30. The number of nitrogens with zero attached hydrogens (tertiary/aromatic N) is 2. The molecular weight excluding hydrogens is 334 g/mol. The minimum Gasteiger partial charge on any atom is -0.360 e. The van der Waals surface area contributed by atoms with Gasteiger partial charge in [0.15, 0.2) is 0 Å². The van der Waals surface area contributed by atoms with Crippen LogP contribution in [0.4, 0.5) is 17.1 Å². The van der Waals surface area contributed by atoms with Crippen molar-refractivity contribution in [2.24, 2.45) is 0 Å². The lowest BCUT2D eigenvalue weighted by atomic mass is 10.1. The first-order valence-electron chi connectivity index (χ1n) is 6.91. The fourth-order valence-electron chi connectivity index (χ4n) is 2.12. The highest BCUT2D eigenvalue weighted by Gasteiger charge is 2.19. The van der Waals surface area contributed by atoms with Crippen LogP contribution in [0.5, 0.6) is 0 Å². The lowest BCUT2D eigenvalue weighted by Gasteiger charge is -2.18. The van der Waals surface area contributed by atoms with E-state index >= 15 is 0 Å². The molecule has 1 amide bonds. The number of carbonyl (C=O) groups excluding carboxylic acids is 2. The molecule has 0 radical (unpaired) electrons. The van der Waals surface area contributed by atoms with Crippen molar-refractivity contribution < 1.29 is 14.5 Å². The van der Waals surface area contributed by atoms with Gasteiger partial charge in [-0.2, -0.15) is 0 Å². The zero-order valence-corrected chi connectivity index (χ0v) is 13.5. The number of benzene rings is 2. The Hall–Kier alpha value is -2.93. The molecule has 8 heteroatoms. The normalized spacial score (nSPS) is 10.1. The molecule has 0 spiro atoms. The predicted octanol–water partition coefficient (Wildman–Crippen LogP) is 3.14. The maximum absolute atomic E-state index is 12.1. The van der Waals surface area contributed by atoms with Crippen LogP contribution in [0.3, 0.4) is 0 Å². The van der Waals surface area contributed by atoms with Crippen molar-refractivity contribution in [2.45, 2.75) is 0 Å². The second kappa shape index (κ2) is 7.56. The van der Waals surface area contributed by atoms with Gasteiger partial charge in [-0.1, -0.05) is 11.6 Å². The largest absolute Gasteiger partial charge is 0.360 e. The number of hydrogen-bond donors (Lipinski definition) is 1. The highest BCUT2D eigenvalue weighted by atomic mass is 35.5. The number of amides is 1. The van der Waals surface area contributed by atoms with Gasteiger partial charge in [0.1, 0.15) is 12.0 Å². The number of nitro groups is 1. The number of anilines is 2. The molecule has 0 fully saturated rings. The summed E-state index contributed by atoms with van der Waals surface area (Å²) in [6.07, 6.45) is 0.532. The molecule has 1 N–H and O–H groups in total. The van der Waals surface area contributed by atoms with Crippen LogP contribution < -0.4 is 10.2 Å². The van der Waals surface area contributed by atoms with Crippen LogP contribution in [0.2, 0.25) is 5.02 Å². The van der Waals surface area contributed by atoms with E-state index in [9.17, 15) is 19.7 Å². The average Bonchev–Trinajstić information content (AvgIpc) is 2.56. The molecule has 124 valence electrons. The Labute approximate surface area is 143 Å². The molecule has 0 heterocycles. The minimum absolute atomic E-state index is 0.0934. The number of nitrogens with one attached hydrogen (secondary N) is 1. The molecule has 24 heavy (non-hydrogen) atoms. The third kappa shape index (κ3) is 4.30. The zero-order chi connectivity index (χ0) is 17.7. The van der Waals surface area contributed by atoms with Gasteiger partial charge in [0.2, 0.25) is 5.91 Å². The van der Waals surface area contributed by atoms with Gasteiger partial charge >= 0.3 is 0 Å². The molecule has 0 aromatic heterocycles. The highest BCUT2D eigenvalue weighted by Crippen LogP contribution is 2.28. The summed E-state index contributed by atoms with van der Waals surface area (Å²) in [6, 6.07) is 10.7. The molecule has 7 nitrogen and oxygen atoms in total. The van der Waals surface area contributed by atoms with E-state index < -0.39 is 4.92 Å². The molecule has 2 rings (SSSR count). The Morgan fingerprint density at radius 2 is 1.96 bits per heavy atom. The summed E-state index contributed by atoms with van der Waals surface area (Å²) in [4.78, 5) is 34.8. The first-order valence-corrected chi connectivity index (χ1v) is 7.28. The lowest BCUT2D eigenvalue weighted by molar-refractivity contribution is -0.384. The van der Waals surface area contributed by atoms with E-state index in [0.29, 0.717) is 17.0 Å². The Bertz CT molecular complexity index is 777. The summed E-state index contributed by atoms with van der Waals surface area (Å²) in [5, 5.41) is 14.4. The summed E-state index contributed by atoms with van der Waals surface area (Å²) in [7, 11) is 1.56. The molecule has 0 bridgehead atoms. The Kier molecular flexibility index (Phi) is 5.49. The van der Waals surface area contributed by atoms with Crippen molar-refractivity contribution in [3.05, 3.63) is 63.2 Å². The molecule has 0 saturated heterocycles. The van der Waals surface area contributed by atoms with E-state index in [-0.39, 0.29) is 29.4 Å². The summed E-state index contributed by atoms with van der Waals surface area (Å²) in [6.45, 7) is -0.0934. The average molecular weight is 348 g/mol. The Morgan fingerprint density at radius 3 is 2.54 bits per heavy atom. The third-order valence-corrected chi connectivity index (χ3v) is 3.50. The van der Waals surface area contributed by atoms with Gasteiger partial charge in [-0.05, 0) is 36.4 Å². The SMILES string of the molecule is CN(CC(=O)Nc1ccc(Cl)cc1)c1ccc(C=O)cc1[N+](=O)[O-]. The van der Waals surface area contributed by atoms with E-state index in [1.807, 2.05) is 0 Å². The number of rotatable bonds is 6. The molecule has 2 aromatic rings. The van der Waals surface area contributed by atoms with Gasteiger partial charge in [-0.25, -0.2) is 0 Å². The van der Waals surface area contributed by atoms with Crippen LogP contribution in [0.15, 0.2) is 42.5 Å². The molecule has 0 aliphatic rings. The molecule has 0 unspecified atom stereocenters. The third-order valence-electron chi connectivity index (χ3n) is 3.25. The molecule has 0 aliphatic carbocycles. The summed E-state index contributed by atoms with van der Waals surface area (Å²) < 4.78 is 0. The van der Waals surface area contributed by atoms with Crippen molar-refractivity contribution in [1.29, 1.82) is 0 Å². The maximum Gasteiger partial charge on any atom is 0.293 e. The van der Waals surface area contributed by atoms with Gasteiger partial charge in [-0.15, -0.1) is 0 Å². The minimum atomic E-state index is -0.587. The molecule has 0 saturated carbocycles. The standard InChI is InChI=1S/C16H14ClN3O4/c1-19(9-16(22)18-13-5-3-12(17)4-6-13)14-7-2-11(10-21)8-15(14)20(23)24/h2-8,10H,9H2,1H3,(H,18,22). The number of nitro benzene ring substituents is 1. The van der Waals surface area contributed by atoms with Gasteiger partial charge in [0, 0.05) is 29.4 Å². The van der Waals surface area contributed by atoms with Crippen LogP contribution >= 0.6 is 11.6 Å². The Balaban J connectivity index is 2.12. The van der Waals surface area contributed by atoms with Crippen LogP contribution in [0.1, 0.15) is 10.4 Å². The summed E-state index contributed by atoms with van der Waals surface area (Å²) in [5.74, 6) is -0.339. The Morgan fingerprint density at radius 1 is 1.29 bits per heavy atom. The topological polar surface area (TPSA) is 92.6 Å². The zero-order valence-electron chi connectivity index (χ0n) is 12.7. The number of aldehydes is 1. The van der Waals surface area contributed by atoms with E-state index in [0.717, 1.165) is 0 Å². The van der Waals surface area contributed by atoms with Gasteiger partial charge in [0.25, 0.3) is 5.69 Å². The van der Waals surface area contributed by atoms with Crippen molar-refractivity contribution in [3.8, 4) is 0 Å². The quantitative estimate of drug-likeness (QED) is 0.492. The molecule has 2 aromatic carbocycles. The van der Waals surface area contributed by atoms with Gasteiger partial charge < -0.3 is 10.2 Å². The van der Waals surface area contributed by atoms with Crippen LogP contribution in [-0.2, 0) is 4.79 Å². The van der Waals surface area contributed by atoms with E-state index in [1.54, 1.807) is 31.3 Å². The fourth-order valence-corrected chi connectivity index (χ4v) is 2.24. The second-order valence-corrected chi connectivity index (χ2v) is 5.47. The fraction of sp³-hybridized carbons (Fsp3) is 0.125. The molecule has 0 atom stereocenters. The number of halogens is 1. The van der Waals surface area contributed by atoms with Crippen LogP contribution in [-0.4, -0.2) is 30.7 Å². The van der Waals surface area contributed by atoms with E-state index in [4.69, 9.17) is 11.6 Å². The number of likely N-dealkylation sites (N-methyl/N-ethyl adjacent to an activating group) is 1. The van der Waals surface area contributed by atoms with Crippen LogP contribution in [0, 0.1) is 10.1 Å². The summed E-state index contributed by atoms with van der Waals surface area (Å²) >= 11 is 5.77. The van der Waals surface area contributed by atoms with Gasteiger partial charge in [0.05, 0.1) is 11.5 Å². The molecule has 0 aliphatic heterocycles. The summed E-state index contributed by atoms with van der Waals surface area (Å²) in [5.41, 5.74) is 0.784. The monoisotopic (exact) mass is 347 g/mol. The van der Waals surface area contributed by atoms with Crippen molar-refractivity contribution in [2.75, 3.05) is 23.8 Å². The van der Waals surface area contributed by atoms with E-state index in [1.165, 1.54) is 23.1 Å². The lowest BCUT2D eigenvalue weighted by Crippen LogP contribution is -2.30. The van der Waals surface area contributed by atoms with E-state index in [2.05, 4.69) is 5.32 Å². The van der Waals surface area contributed by atoms with Crippen molar-refractivity contribution in [3.63, 3.8) is 0 Å². The first kappa shape index (κ1) is 17.4. The first-order chi connectivity index (χ1) is 11.4. The smallest absolute Gasteiger partial charge is 0.293 e. The van der Waals surface area contributed by atoms with Crippen molar-refractivity contribution >= 4 is 40.9 Å². The molecular formula is C16H14ClN3O4. The van der Waals surface area contributed by atoms with Crippen LogP contribution in [0.25, 0.3) is 0 Å². The van der Waals surface area contributed by atoms with Crippen molar-refractivity contribution in [1.82, 2.24) is 0 Å². The number of carbonyl (C=O) groups is 2. The van der Waals surface area contributed by atoms with Gasteiger partial charge in [-0.3, -0.25) is 19.7 Å². The number of hydrogen-bond acceptors (Lipinski definition) is 5. The predicted molar refractivity (Wildman–Crippen MR) is 91.8 cm³/mol. The maximum atomic E-state index is 12.1.